The van der Waals surface area contributed by atoms with Crippen molar-refractivity contribution in [2.24, 2.45) is 5.92 Å². The quantitative estimate of drug-likeness (QED) is 0.840. The molecule has 2 atom stereocenters. The average Bonchev–Trinajstić information content (AvgIpc) is 2.59. The number of nitrogens with two attached hydrogens (primary N) is 1. The van der Waals surface area contributed by atoms with Crippen LogP contribution in [0.1, 0.15) is 31.6 Å². The van der Waals surface area contributed by atoms with E-state index in [0.717, 1.165) is 12.5 Å². The summed E-state index contributed by atoms with van der Waals surface area (Å²) in [6.45, 7) is 6.90. The van der Waals surface area contributed by atoms with Crippen LogP contribution >= 0.6 is 11.3 Å². The first-order valence-electron chi connectivity index (χ1n) is 5.61. The lowest BCUT2D eigenvalue weighted by molar-refractivity contribution is 0.107. The number of rotatable bonds is 2. The molecule has 1 aliphatic heterocycles. The number of hydrogen-bond donors (Lipinski definition) is 1. The Morgan fingerprint density at radius 3 is 3.07 bits per heavy atom. The van der Waals surface area contributed by atoms with E-state index in [2.05, 4.69) is 23.7 Å². The molecule has 0 aromatic carbocycles. The third-order valence-electron chi connectivity index (χ3n) is 3.43. The minimum absolute atomic E-state index is 0.682. The molecule has 2 heterocycles. The van der Waals surface area contributed by atoms with Crippen molar-refractivity contribution in [1.82, 2.24) is 9.88 Å². The highest BCUT2D eigenvalue weighted by Gasteiger charge is 2.24. The second-order valence-electron chi connectivity index (χ2n) is 4.50. The van der Waals surface area contributed by atoms with Crippen LogP contribution < -0.4 is 5.73 Å². The Morgan fingerprint density at radius 2 is 2.40 bits per heavy atom. The molecular formula is C11H19N3S. The van der Waals surface area contributed by atoms with Gasteiger partial charge in [0.1, 0.15) is 0 Å². The molecule has 0 amide bonds. The molecule has 1 aromatic rings. The Kier molecular flexibility index (Phi) is 3.26. The maximum absolute atomic E-state index is 5.63. The number of nitrogens with zero attached hydrogens (tertiary/aromatic N) is 2. The van der Waals surface area contributed by atoms with Gasteiger partial charge in [-0.15, -0.1) is 11.3 Å². The molecule has 15 heavy (non-hydrogen) atoms. The summed E-state index contributed by atoms with van der Waals surface area (Å²) in [6.07, 6.45) is 4.59. The Hall–Kier alpha value is -0.610. The topological polar surface area (TPSA) is 42.2 Å². The average molecular weight is 225 g/mol. The molecule has 4 heteroatoms. The summed E-state index contributed by atoms with van der Waals surface area (Å²) in [5.74, 6) is 0.809. The molecule has 0 saturated carbocycles. The maximum atomic E-state index is 5.63. The van der Waals surface area contributed by atoms with E-state index in [9.17, 15) is 0 Å². The lowest BCUT2D eigenvalue weighted by Gasteiger charge is -2.37. The number of thiazole rings is 1. The van der Waals surface area contributed by atoms with Gasteiger partial charge >= 0.3 is 0 Å². The van der Waals surface area contributed by atoms with Gasteiger partial charge in [0.05, 0.1) is 0 Å². The van der Waals surface area contributed by atoms with E-state index in [0.29, 0.717) is 11.2 Å². The molecule has 2 unspecified atom stereocenters. The van der Waals surface area contributed by atoms with Crippen molar-refractivity contribution in [3.63, 3.8) is 0 Å². The predicted octanol–water partition coefficient (Wildman–Crippen LogP) is 2.35. The molecule has 0 spiro atoms. The van der Waals surface area contributed by atoms with Crippen LogP contribution in [0, 0.1) is 5.92 Å². The highest BCUT2D eigenvalue weighted by atomic mass is 32.1. The normalized spacial score (nSPS) is 28.1. The third-order valence-corrected chi connectivity index (χ3v) is 4.25. The third kappa shape index (κ3) is 2.49. The van der Waals surface area contributed by atoms with Crippen molar-refractivity contribution < 1.29 is 0 Å². The van der Waals surface area contributed by atoms with E-state index in [-0.39, 0.29) is 0 Å². The summed E-state index contributed by atoms with van der Waals surface area (Å²) in [6, 6.07) is 0.682. The Balaban J connectivity index is 1.99. The zero-order valence-electron chi connectivity index (χ0n) is 9.44. The van der Waals surface area contributed by atoms with Crippen molar-refractivity contribution in [2.75, 3.05) is 12.3 Å². The van der Waals surface area contributed by atoms with Crippen LogP contribution in [-0.4, -0.2) is 22.5 Å². The van der Waals surface area contributed by atoms with Crippen molar-refractivity contribution in [3.05, 3.63) is 11.1 Å². The first-order chi connectivity index (χ1) is 7.16. The van der Waals surface area contributed by atoms with E-state index in [1.807, 2.05) is 6.20 Å². The van der Waals surface area contributed by atoms with E-state index in [1.54, 1.807) is 11.3 Å². The van der Waals surface area contributed by atoms with Crippen molar-refractivity contribution in [1.29, 1.82) is 0 Å². The Labute approximate surface area is 95.3 Å². The van der Waals surface area contributed by atoms with Gasteiger partial charge in [-0.3, -0.25) is 4.90 Å². The molecule has 0 aliphatic carbocycles. The van der Waals surface area contributed by atoms with Gasteiger partial charge in [-0.1, -0.05) is 6.92 Å². The fraction of sp³-hybridized carbons (Fsp3) is 0.727. The molecule has 1 aromatic heterocycles. The van der Waals surface area contributed by atoms with Crippen molar-refractivity contribution >= 4 is 16.5 Å². The molecule has 84 valence electrons. The molecule has 1 aliphatic rings. The second kappa shape index (κ2) is 4.49. The lowest BCUT2D eigenvalue weighted by Crippen LogP contribution is -2.41. The number of likely N-dealkylation sites (tertiary alicyclic amines) is 1. The van der Waals surface area contributed by atoms with Crippen LogP contribution in [0.5, 0.6) is 0 Å². The van der Waals surface area contributed by atoms with Gasteiger partial charge in [-0.05, 0) is 32.2 Å². The standard InChI is InChI=1S/C11H19N3S/c1-8-4-3-5-14(9(8)2)7-10-6-13-11(12)15-10/h6,8-9H,3-5,7H2,1-2H3,(H2,12,13). The zero-order valence-corrected chi connectivity index (χ0v) is 10.3. The summed E-state index contributed by atoms with van der Waals surface area (Å²) >= 11 is 1.61. The molecule has 1 saturated heterocycles. The Bertz CT molecular complexity index is 323. The monoisotopic (exact) mass is 225 g/mol. The van der Waals surface area contributed by atoms with Gasteiger partial charge < -0.3 is 5.73 Å². The SMILES string of the molecule is CC1CCCN(Cc2cnc(N)s2)C1C. The first-order valence-corrected chi connectivity index (χ1v) is 6.42. The first kappa shape index (κ1) is 10.9. The van der Waals surface area contributed by atoms with Gasteiger partial charge in [-0.2, -0.15) is 0 Å². The number of hydrogen-bond acceptors (Lipinski definition) is 4. The molecule has 1 fully saturated rings. The summed E-state index contributed by atoms with van der Waals surface area (Å²) in [7, 11) is 0. The van der Waals surface area contributed by atoms with Gasteiger partial charge in [0.25, 0.3) is 0 Å². The van der Waals surface area contributed by atoms with E-state index < -0.39 is 0 Å². The number of anilines is 1. The minimum Gasteiger partial charge on any atom is -0.375 e. The fourth-order valence-corrected chi connectivity index (χ4v) is 2.95. The smallest absolute Gasteiger partial charge is 0.180 e. The molecule has 0 bridgehead atoms. The van der Waals surface area contributed by atoms with Gasteiger partial charge in [0.2, 0.25) is 0 Å². The summed E-state index contributed by atoms with van der Waals surface area (Å²) < 4.78 is 0. The van der Waals surface area contributed by atoms with Gasteiger partial charge in [0, 0.05) is 23.7 Å². The van der Waals surface area contributed by atoms with Crippen LogP contribution in [0.3, 0.4) is 0 Å². The van der Waals surface area contributed by atoms with E-state index in [1.165, 1.54) is 24.3 Å². The fourth-order valence-electron chi connectivity index (χ4n) is 2.24. The largest absolute Gasteiger partial charge is 0.375 e. The van der Waals surface area contributed by atoms with Crippen LogP contribution in [0.4, 0.5) is 5.13 Å². The lowest BCUT2D eigenvalue weighted by atomic mass is 9.92. The predicted molar refractivity (Wildman–Crippen MR) is 64.8 cm³/mol. The summed E-state index contributed by atoms with van der Waals surface area (Å²) in [4.78, 5) is 7.92. The van der Waals surface area contributed by atoms with Gasteiger partial charge in [0.15, 0.2) is 5.13 Å². The van der Waals surface area contributed by atoms with E-state index >= 15 is 0 Å². The van der Waals surface area contributed by atoms with Crippen LogP contribution in [0.2, 0.25) is 0 Å². The van der Waals surface area contributed by atoms with Gasteiger partial charge in [-0.25, -0.2) is 4.98 Å². The molecule has 0 radical (unpaired) electrons. The van der Waals surface area contributed by atoms with Crippen LogP contribution in [-0.2, 0) is 6.54 Å². The highest BCUT2D eigenvalue weighted by molar-refractivity contribution is 7.15. The Morgan fingerprint density at radius 1 is 1.60 bits per heavy atom. The number of piperidine rings is 1. The van der Waals surface area contributed by atoms with Crippen LogP contribution in [0.25, 0.3) is 0 Å². The maximum Gasteiger partial charge on any atom is 0.180 e. The number of aromatic nitrogens is 1. The van der Waals surface area contributed by atoms with Crippen molar-refractivity contribution in [2.45, 2.75) is 39.3 Å². The number of nitrogen functional groups attached to an aromatic ring is 1. The highest BCUT2D eigenvalue weighted by Crippen LogP contribution is 2.26. The molecule has 2 N–H and O–H groups in total. The molecule has 2 rings (SSSR count). The molecular weight excluding hydrogens is 206 g/mol. The summed E-state index contributed by atoms with van der Waals surface area (Å²) in [5.41, 5.74) is 5.63. The second-order valence-corrected chi connectivity index (χ2v) is 5.64. The van der Waals surface area contributed by atoms with Crippen LogP contribution in [0.15, 0.2) is 6.20 Å². The van der Waals surface area contributed by atoms with Crippen molar-refractivity contribution in [3.8, 4) is 0 Å². The zero-order chi connectivity index (χ0) is 10.8. The summed E-state index contributed by atoms with van der Waals surface area (Å²) in [5, 5.41) is 0.683. The minimum atomic E-state index is 0.682. The molecule has 3 nitrogen and oxygen atoms in total. The van der Waals surface area contributed by atoms with E-state index in [4.69, 9.17) is 5.73 Å².